The molecule has 1 atom stereocenters. The third-order valence-corrected chi connectivity index (χ3v) is 9.14. The first-order valence-electron chi connectivity index (χ1n) is 15.0. The van der Waals surface area contributed by atoms with Gasteiger partial charge in [0.15, 0.2) is 5.13 Å². The third-order valence-electron chi connectivity index (χ3n) is 7.29. The quantitative estimate of drug-likeness (QED) is 0.1000. The van der Waals surface area contributed by atoms with Crippen molar-refractivity contribution < 1.29 is 18.8 Å². The van der Waals surface area contributed by atoms with Gasteiger partial charge in [-0.3, -0.25) is 14.4 Å². The third kappa shape index (κ3) is 8.03. The predicted octanol–water partition coefficient (Wildman–Crippen LogP) is 8.63. The van der Waals surface area contributed by atoms with E-state index < -0.39 is 22.9 Å². The SMILES string of the molecule is CC(Sc1cccc(NC(=O)/C(=C/c2ccccc2F)NC(=O)c2ccccc2)c1)C(=O)Nc1nc(-c2ccc3ccccc3c2)cs1. The normalized spacial score (nSPS) is 11.9. The Morgan fingerprint density at radius 3 is 2.38 bits per heavy atom. The van der Waals surface area contributed by atoms with Gasteiger partial charge in [-0.1, -0.05) is 78.9 Å². The zero-order valence-corrected chi connectivity index (χ0v) is 27.3. The molecular weight excluding hydrogens is 644 g/mol. The van der Waals surface area contributed by atoms with E-state index in [1.165, 1.54) is 41.3 Å². The van der Waals surface area contributed by atoms with E-state index in [2.05, 4.69) is 45.2 Å². The highest BCUT2D eigenvalue weighted by molar-refractivity contribution is 8.00. The van der Waals surface area contributed by atoms with Crippen LogP contribution >= 0.6 is 23.1 Å². The molecule has 6 aromatic rings. The Kier molecular flexibility index (Phi) is 10.0. The van der Waals surface area contributed by atoms with E-state index >= 15 is 0 Å². The molecule has 0 spiro atoms. The van der Waals surface area contributed by atoms with Crippen LogP contribution in [0.15, 0.2) is 137 Å². The predicted molar refractivity (Wildman–Crippen MR) is 192 cm³/mol. The number of hydrogen-bond donors (Lipinski definition) is 3. The zero-order valence-electron chi connectivity index (χ0n) is 25.6. The number of thioether (sulfide) groups is 1. The van der Waals surface area contributed by atoms with Crippen molar-refractivity contribution in [2.75, 3.05) is 10.6 Å². The van der Waals surface area contributed by atoms with Crippen LogP contribution < -0.4 is 16.0 Å². The molecule has 5 aromatic carbocycles. The van der Waals surface area contributed by atoms with Crippen LogP contribution in [0.5, 0.6) is 0 Å². The van der Waals surface area contributed by atoms with Crippen LogP contribution in [0.4, 0.5) is 15.2 Å². The summed E-state index contributed by atoms with van der Waals surface area (Å²) in [5.41, 5.74) is 2.55. The number of anilines is 2. The number of carbonyl (C=O) groups is 3. The smallest absolute Gasteiger partial charge is 0.272 e. The van der Waals surface area contributed by atoms with Crippen molar-refractivity contribution in [3.8, 4) is 11.3 Å². The molecule has 0 aliphatic heterocycles. The fraction of sp³-hybridized carbons (Fsp3) is 0.0526. The van der Waals surface area contributed by atoms with Gasteiger partial charge in [-0.25, -0.2) is 9.37 Å². The molecule has 1 unspecified atom stereocenters. The van der Waals surface area contributed by atoms with Gasteiger partial charge in [0.25, 0.3) is 11.8 Å². The van der Waals surface area contributed by atoms with E-state index in [0.29, 0.717) is 16.4 Å². The van der Waals surface area contributed by atoms with Crippen molar-refractivity contribution in [3.63, 3.8) is 0 Å². The number of nitrogens with zero attached hydrogens (tertiary/aromatic N) is 1. The van der Waals surface area contributed by atoms with E-state index in [9.17, 15) is 18.8 Å². The Morgan fingerprint density at radius 2 is 1.56 bits per heavy atom. The van der Waals surface area contributed by atoms with Crippen LogP contribution in [0.2, 0.25) is 0 Å². The number of carbonyl (C=O) groups excluding carboxylic acids is 3. The average Bonchev–Trinajstić information content (AvgIpc) is 3.57. The minimum absolute atomic E-state index is 0.133. The van der Waals surface area contributed by atoms with Gasteiger partial charge in [0.1, 0.15) is 11.5 Å². The zero-order chi connectivity index (χ0) is 33.5. The van der Waals surface area contributed by atoms with Gasteiger partial charge in [-0.2, -0.15) is 0 Å². The van der Waals surface area contributed by atoms with E-state index in [4.69, 9.17) is 0 Å². The lowest BCUT2D eigenvalue weighted by atomic mass is 10.1. The van der Waals surface area contributed by atoms with Gasteiger partial charge >= 0.3 is 0 Å². The van der Waals surface area contributed by atoms with Crippen molar-refractivity contribution >= 4 is 68.5 Å². The molecule has 0 saturated carbocycles. The molecule has 238 valence electrons. The number of amides is 3. The topological polar surface area (TPSA) is 100 Å². The first-order valence-corrected chi connectivity index (χ1v) is 16.7. The first-order chi connectivity index (χ1) is 23.3. The number of aromatic nitrogens is 1. The number of fused-ring (bicyclic) bond motifs is 1. The summed E-state index contributed by atoms with van der Waals surface area (Å²) in [5, 5.41) is 12.5. The summed E-state index contributed by atoms with van der Waals surface area (Å²) in [6, 6.07) is 35.7. The minimum atomic E-state index is -0.638. The van der Waals surface area contributed by atoms with Crippen LogP contribution in [0.3, 0.4) is 0 Å². The van der Waals surface area contributed by atoms with Crippen molar-refractivity contribution in [3.05, 3.63) is 149 Å². The van der Waals surface area contributed by atoms with E-state index in [0.717, 1.165) is 26.9 Å². The molecule has 3 N–H and O–H groups in total. The Morgan fingerprint density at radius 1 is 0.812 bits per heavy atom. The Bertz CT molecular complexity index is 2150. The molecule has 0 aliphatic rings. The van der Waals surface area contributed by atoms with Crippen molar-refractivity contribution in [2.24, 2.45) is 0 Å². The van der Waals surface area contributed by atoms with Crippen molar-refractivity contribution in [1.82, 2.24) is 10.3 Å². The van der Waals surface area contributed by atoms with Gasteiger partial charge < -0.3 is 16.0 Å². The lowest BCUT2D eigenvalue weighted by Crippen LogP contribution is -2.30. The lowest BCUT2D eigenvalue weighted by Gasteiger charge is -2.14. The molecule has 1 heterocycles. The van der Waals surface area contributed by atoms with Gasteiger partial charge in [0, 0.05) is 32.7 Å². The van der Waals surface area contributed by atoms with Crippen LogP contribution in [-0.2, 0) is 9.59 Å². The first kappa shape index (κ1) is 32.4. The number of nitrogens with one attached hydrogen (secondary N) is 3. The number of rotatable bonds is 10. The molecule has 0 aliphatic carbocycles. The number of thiazole rings is 1. The number of hydrogen-bond acceptors (Lipinski definition) is 6. The largest absolute Gasteiger partial charge is 0.321 e. The van der Waals surface area contributed by atoms with Crippen molar-refractivity contribution in [1.29, 1.82) is 0 Å². The number of benzene rings is 5. The summed E-state index contributed by atoms with van der Waals surface area (Å²) in [6.07, 6.45) is 1.29. The van der Waals surface area contributed by atoms with Gasteiger partial charge in [-0.05, 0) is 66.2 Å². The summed E-state index contributed by atoms with van der Waals surface area (Å²) in [4.78, 5) is 44.8. The van der Waals surface area contributed by atoms with Crippen molar-refractivity contribution in [2.45, 2.75) is 17.1 Å². The molecule has 0 saturated heterocycles. The molecule has 6 rings (SSSR count). The molecule has 0 radical (unpaired) electrons. The Labute approximate surface area is 284 Å². The molecule has 7 nitrogen and oxygen atoms in total. The van der Waals surface area contributed by atoms with E-state index in [-0.39, 0.29) is 17.2 Å². The second-order valence-corrected chi connectivity index (χ2v) is 13.0. The Balaban J connectivity index is 1.11. The fourth-order valence-corrected chi connectivity index (χ4v) is 6.46. The average molecular weight is 673 g/mol. The minimum Gasteiger partial charge on any atom is -0.321 e. The van der Waals surface area contributed by atoms with Crippen LogP contribution in [0.1, 0.15) is 22.8 Å². The summed E-state index contributed by atoms with van der Waals surface area (Å²) in [6.45, 7) is 1.79. The van der Waals surface area contributed by atoms with Crippen LogP contribution in [0, 0.1) is 5.82 Å². The molecule has 0 bridgehead atoms. The summed E-state index contributed by atoms with van der Waals surface area (Å²) >= 11 is 2.68. The summed E-state index contributed by atoms with van der Waals surface area (Å²) in [7, 11) is 0. The monoisotopic (exact) mass is 672 g/mol. The van der Waals surface area contributed by atoms with Crippen LogP contribution in [0.25, 0.3) is 28.1 Å². The van der Waals surface area contributed by atoms with E-state index in [1.807, 2.05) is 29.6 Å². The van der Waals surface area contributed by atoms with Gasteiger partial charge in [-0.15, -0.1) is 23.1 Å². The molecule has 48 heavy (non-hydrogen) atoms. The van der Waals surface area contributed by atoms with Gasteiger partial charge in [0.2, 0.25) is 5.91 Å². The lowest BCUT2D eigenvalue weighted by molar-refractivity contribution is -0.115. The summed E-state index contributed by atoms with van der Waals surface area (Å²) < 4.78 is 14.5. The summed E-state index contributed by atoms with van der Waals surface area (Å²) in [5.74, 6) is -1.90. The maximum Gasteiger partial charge on any atom is 0.272 e. The second-order valence-electron chi connectivity index (χ2n) is 10.7. The molecular formula is C38H29FN4O3S2. The van der Waals surface area contributed by atoms with E-state index in [1.54, 1.807) is 67.6 Å². The molecule has 10 heteroatoms. The number of halogens is 1. The molecule has 1 aromatic heterocycles. The second kappa shape index (κ2) is 14.9. The van der Waals surface area contributed by atoms with Gasteiger partial charge in [0.05, 0.1) is 10.9 Å². The highest BCUT2D eigenvalue weighted by Crippen LogP contribution is 2.30. The fourth-order valence-electron chi connectivity index (χ4n) is 4.81. The Hall–Kier alpha value is -5.58. The maximum absolute atomic E-state index is 14.5. The standard InChI is InChI=1S/C38H29FN4O3S2/c1-24(35(44)43-38-42-34(23-47-38)29-19-18-25-10-5-6-13-27(25)20-29)48-31-16-9-15-30(22-31)40-37(46)33(21-28-14-7-8-17-32(28)39)41-36(45)26-11-3-2-4-12-26/h2-24H,1H3,(H,40,46)(H,41,45)(H,42,43,44)/b33-21-. The highest BCUT2D eigenvalue weighted by Gasteiger charge is 2.19. The van der Waals surface area contributed by atoms with Crippen LogP contribution in [-0.4, -0.2) is 28.0 Å². The molecule has 0 fully saturated rings. The highest BCUT2D eigenvalue weighted by atomic mass is 32.2. The molecule has 3 amide bonds. The maximum atomic E-state index is 14.5.